The largest absolute Gasteiger partial charge is 0.369 e. The zero-order valence-electron chi connectivity index (χ0n) is 12.1. The van der Waals surface area contributed by atoms with Crippen LogP contribution in [-0.4, -0.2) is 31.1 Å². The van der Waals surface area contributed by atoms with Gasteiger partial charge in [0.15, 0.2) is 0 Å². The first-order chi connectivity index (χ1) is 10.6. The number of halogens is 3. The topological polar surface area (TPSA) is 6.48 Å². The van der Waals surface area contributed by atoms with Crippen LogP contribution in [0.3, 0.4) is 0 Å². The standard InChI is InChI=1S/C17H17BrF2N2/c18-14-2-1-13(17(20)11-14)12-21-7-9-22(10-8-21)16-5-3-15(19)4-6-16/h1-6,11H,7-10,12H2. The van der Waals surface area contributed by atoms with Crippen molar-refractivity contribution in [1.29, 1.82) is 0 Å². The molecule has 0 N–H and O–H groups in total. The lowest BCUT2D eigenvalue weighted by atomic mass is 10.1. The number of nitrogens with zero attached hydrogens (tertiary/aromatic N) is 2. The third-order valence-corrected chi connectivity index (χ3v) is 4.47. The molecule has 1 saturated heterocycles. The molecule has 5 heteroatoms. The van der Waals surface area contributed by atoms with Crippen molar-refractivity contribution in [3.63, 3.8) is 0 Å². The summed E-state index contributed by atoms with van der Waals surface area (Å²) in [7, 11) is 0. The van der Waals surface area contributed by atoms with Crippen molar-refractivity contribution in [3.8, 4) is 0 Å². The van der Waals surface area contributed by atoms with Crippen LogP contribution in [0.25, 0.3) is 0 Å². The molecule has 2 nitrogen and oxygen atoms in total. The molecule has 0 aromatic heterocycles. The fourth-order valence-electron chi connectivity index (χ4n) is 2.71. The van der Waals surface area contributed by atoms with Crippen LogP contribution < -0.4 is 4.90 Å². The van der Waals surface area contributed by atoms with E-state index >= 15 is 0 Å². The summed E-state index contributed by atoms with van der Waals surface area (Å²) in [5.41, 5.74) is 1.76. The summed E-state index contributed by atoms with van der Waals surface area (Å²) in [6, 6.07) is 11.8. The van der Waals surface area contributed by atoms with Crippen molar-refractivity contribution in [2.75, 3.05) is 31.1 Å². The molecule has 22 heavy (non-hydrogen) atoms. The van der Waals surface area contributed by atoms with Gasteiger partial charge in [-0.15, -0.1) is 0 Å². The Kier molecular flexibility index (Phi) is 4.74. The van der Waals surface area contributed by atoms with E-state index in [2.05, 4.69) is 25.7 Å². The van der Waals surface area contributed by atoms with Crippen LogP contribution in [0, 0.1) is 11.6 Å². The lowest BCUT2D eigenvalue weighted by Gasteiger charge is -2.36. The number of benzene rings is 2. The van der Waals surface area contributed by atoms with E-state index in [1.54, 1.807) is 12.1 Å². The lowest BCUT2D eigenvalue weighted by molar-refractivity contribution is 0.246. The highest BCUT2D eigenvalue weighted by atomic mass is 79.9. The molecule has 0 aliphatic carbocycles. The molecule has 1 heterocycles. The van der Waals surface area contributed by atoms with Crippen LogP contribution in [-0.2, 0) is 6.54 Å². The fraction of sp³-hybridized carbons (Fsp3) is 0.294. The molecule has 0 spiro atoms. The van der Waals surface area contributed by atoms with E-state index < -0.39 is 0 Å². The number of anilines is 1. The van der Waals surface area contributed by atoms with Crippen molar-refractivity contribution in [2.45, 2.75) is 6.54 Å². The number of hydrogen-bond acceptors (Lipinski definition) is 2. The normalized spacial score (nSPS) is 16.0. The Balaban J connectivity index is 1.58. The van der Waals surface area contributed by atoms with Gasteiger partial charge in [0.1, 0.15) is 11.6 Å². The zero-order valence-corrected chi connectivity index (χ0v) is 13.7. The highest BCUT2D eigenvalue weighted by Gasteiger charge is 2.18. The second kappa shape index (κ2) is 6.75. The average Bonchev–Trinajstić information content (AvgIpc) is 2.52. The van der Waals surface area contributed by atoms with Crippen molar-refractivity contribution in [2.24, 2.45) is 0 Å². The summed E-state index contributed by atoms with van der Waals surface area (Å²) in [6.07, 6.45) is 0. The number of hydrogen-bond donors (Lipinski definition) is 0. The smallest absolute Gasteiger partial charge is 0.128 e. The Morgan fingerprint density at radius 3 is 2.23 bits per heavy atom. The first-order valence-electron chi connectivity index (χ1n) is 7.28. The van der Waals surface area contributed by atoms with E-state index in [0.717, 1.165) is 41.9 Å². The summed E-state index contributed by atoms with van der Waals surface area (Å²) in [5.74, 6) is -0.386. The monoisotopic (exact) mass is 366 g/mol. The maximum Gasteiger partial charge on any atom is 0.128 e. The minimum atomic E-state index is -0.215. The van der Waals surface area contributed by atoms with E-state index in [1.165, 1.54) is 18.2 Å². The molecule has 2 aromatic rings. The van der Waals surface area contributed by atoms with E-state index in [1.807, 2.05) is 12.1 Å². The van der Waals surface area contributed by atoms with Gasteiger partial charge < -0.3 is 4.90 Å². The van der Waals surface area contributed by atoms with Crippen LogP contribution in [0.15, 0.2) is 46.9 Å². The predicted molar refractivity (Wildman–Crippen MR) is 88.0 cm³/mol. The van der Waals surface area contributed by atoms with Gasteiger partial charge in [-0.05, 0) is 36.4 Å². The molecule has 0 atom stereocenters. The first-order valence-corrected chi connectivity index (χ1v) is 8.08. The molecule has 1 aliphatic rings. The summed E-state index contributed by atoms with van der Waals surface area (Å²) < 4.78 is 27.6. The Hall–Kier alpha value is -1.46. The van der Waals surface area contributed by atoms with Gasteiger partial charge in [-0.1, -0.05) is 22.0 Å². The van der Waals surface area contributed by atoms with Crippen LogP contribution in [0.1, 0.15) is 5.56 Å². The van der Waals surface area contributed by atoms with Crippen molar-refractivity contribution in [3.05, 3.63) is 64.1 Å². The van der Waals surface area contributed by atoms with Crippen LogP contribution >= 0.6 is 15.9 Å². The van der Waals surface area contributed by atoms with E-state index in [4.69, 9.17) is 0 Å². The molecule has 0 radical (unpaired) electrons. The Morgan fingerprint density at radius 1 is 0.909 bits per heavy atom. The van der Waals surface area contributed by atoms with Gasteiger partial charge in [-0.2, -0.15) is 0 Å². The molecule has 0 amide bonds. The summed E-state index contributed by atoms with van der Waals surface area (Å²) >= 11 is 3.27. The molecular formula is C17H17BrF2N2. The first kappa shape index (κ1) is 15.4. The van der Waals surface area contributed by atoms with E-state index in [-0.39, 0.29) is 11.6 Å². The Bertz CT molecular complexity index is 638. The summed E-state index contributed by atoms with van der Waals surface area (Å²) in [4.78, 5) is 4.47. The summed E-state index contributed by atoms with van der Waals surface area (Å²) in [5, 5.41) is 0. The maximum atomic E-state index is 13.9. The van der Waals surface area contributed by atoms with Crippen molar-refractivity contribution >= 4 is 21.6 Å². The van der Waals surface area contributed by atoms with E-state index in [9.17, 15) is 8.78 Å². The minimum Gasteiger partial charge on any atom is -0.369 e. The number of piperazine rings is 1. The second-order valence-electron chi connectivity index (χ2n) is 5.48. The Morgan fingerprint density at radius 2 is 1.59 bits per heavy atom. The van der Waals surface area contributed by atoms with Crippen molar-refractivity contribution in [1.82, 2.24) is 4.90 Å². The minimum absolute atomic E-state index is 0.171. The fourth-order valence-corrected chi connectivity index (χ4v) is 3.04. The third-order valence-electron chi connectivity index (χ3n) is 3.97. The van der Waals surface area contributed by atoms with E-state index in [0.29, 0.717) is 6.54 Å². The molecule has 2 aromatic carbocycles. The molecule has 1 fully saturated rings. The van der Waals surface area contributed by atoms with Gasteiger partial charge >= 0.3 is 0 Å². The number of rotatable bonds is 3. The van der Waals surface area contributed by atoms with Crippen molar-refractivity contribution < 1.29 is 8.78 Å². The highest BCUT2D eigenvalue weighted by molar-refractivity contribution is 9.10. The van der Waals surface area contributed by atoms with Gasteiger partial charge in [0.2, 0.25) is 0 Å². The quantitative estimate of drug-likeness (QED) is 0.808. The van der Waals surface area contributed by atoms with Gasteiger partial charge in [-0.3, -0.25) is 4.90 Å². The predicted octanol–water partition coefficient (Wildman–Crippen LogP) is 4.05. The highest BCUT2D eigenvalue weighted by Crippen LogP contribution is 2.20. The lowest BCUT2D eigenvalue weighted by Crippen LogP contribution is -2.46. The second-order valence-corrected chi connectivity index (χ2v) is 6.39. The molecule has 0 bridgehead atoms. The average molecular weight is 367 g/mol. The molecule has 1 aliphatic heterocycles. The Labute approximate surface area is 137 Å². The molecular weight excluding hydrogens is 350 g/mol. The van der Waals surface area contributed by atoms with Gasteiger partial charge in [0.25, 0.3) is 0 Å². The van der Waals surface area contributed by atoms with Crippen LogP contribution in [0.4, 0.5) is 14.5 Å². The molecule has 0 saturated carbocycles. The SMILES string of the molecule is Fc1ccc(N2CCN(Cc3ccc(Br)cc3F)CC2)cc1. The van der Waals surface area contributed by atoms with Crippen LogP contribution in [0.5, 0.6) is 0 Å². The third kappa shape index (κ3) is 3.65. The van der Waals surface area contributed by atoms with Crippen LogP contribution in [0.2, 0.25) is 0 Å². The molecule has 3 rings (SSSR count). The van der Waals surface area contributed by atoms with Gasteiger partial charge in [0.05, 0.1) is 0 Å². The van der Waals surface area contributed by atoms with Gasteiger partial charge in [0, 0.05) is 48.4 Å². The maximum absolute atomic E-state index is 13.9. The van der Waals surface area contributed by atoms with Gasteiger partial charge in [-0.25, -0.2) is 8.78 Å². The zero-order chi connectivity index (χ0) is 15.5. The summed E-state index contributed by atoms with van der Waals surface area (Å²) in [6.45, 7) is 4.09. The molecule has 116 valence electrons. The molecule has 0 unspecified atom stereocenters.